The lowest BCUT2D eigenvalue weighted by molar-refractivity contribution is 0.0730. The lowest BCUT2D eigenvalue weighted by Gasteiger charge is -2.37. The summed E-state index contributed by atoms with van der Waals surface area (Å²) in [6, 6.07) is 7.25. The molecule has 0 spiro atoms. The van der Waals surface area contributed by atoms with Gasteiger partial charge in [-0.3, -0.25) is 4.90 Å². The Kier molecular flexibility index (Phi) is 5.27. The van der Waals surface area contributed by atoms with Crippen LogP contribution in [0.25, 0.3) is 0 Å². The number of hydrogen-bond donors (Lipinski definition) is 1. The summed E-state index contributed by atoms with van der Waals surface area (Å²) < 4.78 is 32.0. The van der Waals surface area contributed by atoms with Gasteiger partial charge in [0.1, 0.15) is 0 Å². The molecule has 2 N–H and O–H groups in total. The maximum atomic E-state index is 12.6. The Morgan fingerprint density at radius 3 is 2.46 bits per heavy atom. The number of piperidine rings is 1. The summed E-state index contributed by atoms with van der Waals surface area (Å²) in [5, 5.41) is 0. The third-order valence-electron chi connectivity index (χ3n) is 4.74. The highest BCUT2D eigenvalue weighted by Crippen LogP contribution is 2.21. The van der Waals surface area contributed by atoms with Gasteiger partial charge in [0.2, 0.25) is 10.0 Å². The topological polar surface area (TPSA) is 75.9 Å². The van der Waals surface area contributed by atoms with E-state index in [0.717, 1.165) is 38.0 Å². The Labute approximate surface area is 144 Å². The first-order valence-electron chi connectivity index (χ1n) is 8.55. The van der Waals surface area contributed by atoms with Gasteiger partial charge in [0.15, 0.2) is 0 Å². The first-order valence-corrected chi connectivity index (χ1v) is 9.99. The van der Waals surface area contributed by atoms with Crippen molar-refractivity contribution in [2.75, 3.05) is 39.4 Å². The van der Waals surface area contributed by atoms with Gasteiger partial charge in [-0.1, -0.05) is 12.1 Å². The summed E-state index contributed by atoms with van der Waals surface area (Å²) in [4.78, 5) is 2.70. The van der Waals surface area contributed by atoms with Crippen molar-refractivity contribution in [3.05, 3.63) is 29.8 Å². The van der Waals surface area contributed by atoms with Crippen LogP contribution in [-0.2, 0) is 21.3 Å². The van der Waals surface area contributed by atoms with E-state index in [-0.39, 0.29) is 5.54 Å². The zero-order valence-electron chi connectivity index (χ0n) is 14.3. The molecular formula is C17H27N3O3S. The van der Waals surface area contributed by atoms with Gasteiger partial charge in [0, 0.05) is 31.7 Å². The normalized spacial score (nSPS) is 27.2. The third kappa shape index (κ3) is 4.15. The summed E-state index contributed by atoms with van der Waals surface area (Å²) in [7, 11) is -3.41. The van der Waals surface area contributed by atoms with Crippen LogP contribution in [0.3, 0.4) is 0 Å². The molecule has 3 rings (SSSR count). The van der Waals surface area contributed by atoms with Crippen molar-refractivity contribution in [1.29, 1.82) is 0 Å². The lowest BCUT2D eigenvalue weighted by atomic mass is 9.92. The second kappa shape index (κ2) is 7.09. The molecule has 0 amide bonds. The molecule has 1 unspecified atom stereocenters. The van der Waals surface area contributed by atoms with Crippen LogP contribution in [0.4, 0.5) is 0 Å². The van der Waals surface area contributed by atoms with Gasteiger partial charge in [-0.25, -0.2) is 8.42 Å². The number of hydrogen-bond acceptors (Lipinski definition) is 5. The second-order valence-electron chi connectivity index (χ2n) is 7.13. The van der Waals surface area contributed by atoms with E-state index < -0.39 is 10.0 Å². The van der Waals surface area contributed by atoms with Crippen molar-refractivity contribution in [1.82, 2.24) is 9.21 Å². The fraction of sp³-hybridized carbons (Fsp3) is 0.647. The van der Waals surface area contributed by atoms with Crippen molar-refractivity contribution in [3.63, 3.8) is 0 Å². The molecule has 24 heavy (non-hydrogen) atoms. The molecule has 2 aliphatic rings. The molecular weight excluding hydrogens is 326 g/mol. The lowest BCUT2D eigenvalue weighted by Crippen LogP contribution is -2.51. The maximum absolute atomic E-state index is 12.6. The van der Waals surface area contributed by atoms with Gasteiger partial charge in [-0.05, 0) is 44.0 Å². The average Bonchev–Trinajstić information content (AvgIpc) is 2.55. The molecule has 6 nitrogen and oxygen atoms in total. The van der Waals surface area contributed by atoms with Crippen LogP contribution in [-0.4, -0.2) is 62.6 Å². The van der Waals surface area contributed by atoms with Crippen LogP contribution < -0.4 is 5.73 Å². The molecule has 1 aromatic rings. The molecule has 1 atom stereocenters. The van der Waals surface area contributed by atoms with Gasteiger partial charge in [0.05, 0.1) is 18.1 Å². The minimum atomic E-state index is -3.41. The van der Waals surface area contributed by atoms with E-state index in [2.05, 4.69) is 11.8 Å². The monoisotopic (exact) mass is 353 g/mol. The van der Waals surface area contributed by atoms with E-state index in [0.29, 0.717) is 31.2 Å². The molecule has 2 heterocycles. The molecule has 1 aromatic carbocycles. The van der Waals surface area contributed by atoms with Crippen LogP contribution in [0, 0.1) is 0 Å². The third-order valence-corrected chi connectivity index (χ3v) is 6.66. The Bertz CT molecular complexity index is 652. The molecule has 134 valence electrons. The van der Waals surface area contributed by atoms with Crippen molar-refractivity contribution in [2.24, 2.45) is 5.73 Å². The molecule has 0 bridgehead atoms. The summed E-state index contributed by atoms with van der Waals surface area (Å²) in [5.74, 6) is 0. The van der Waals surface area contributed by atoms with Gasteiger partial charge in [-0.2, -0.15) is 4.31 Å². The number of sulfonamides is 1. The molecule has 2 saturated heterocycles. The van der Waals surface area contributed by atoms with E-state index in [9.17, 15) is 8.42 Å². The van der Waals surface area contributed by atoms with E-state index in [1.807, 2.05) is 12.1 Å². The van der Waals surface area contributed by atoms with Gasteiger partial charge < -0.3 is 10.5 Å². The van der Waals surface area contributed by atoms with Gasteiger partial charge >= 0.3 is 0 Å². The highest BCUT2D eigenvalue weighted by Gasteiger charge is 2.28. The van der Waals surface area contributed by atoms with Crippen LogP contribution in [0.1, 0.15) is 25.3 Å². The Balaban J connectivity index is 1.67. The Morgan fingerprint density at radius 2 is 1.83 bits per heavy atom. The number of morpholine rings is 1. The number of likely N-dealkylation sites (tertiary alicyclic amines) is 1. The highest BCUT2D eigenvalue weighted by molar-refractivity contribution is 7.89. The number of ether oxygens (including phenoxy) is 1. The minimum Gasteiger partial charge on any atom is -0.379 e. The first-order chi connectivity index (χ1) is 11.4. The summed E-state index contributed by atoms with van der Waals surface area (Å²) in [5.41, 5.74) is 7.24. The highest BCUT2D eigenvalue weighted by atomic mass is 32.2. The maximum Gasteiger partial charge on any atom is 0.243 e. The van der Waals surface area contributed by atoms with Crippen LogP contribution in [0.2, 0.25) is 0 Å². The average molecular weight is 353 g/mol. The first kappa shape index (κ1) is 17.8. The number of benzene rings is 1. The second-order valence-corrected chi connectivity index (χ2v) is 9.07. The predicted octanol–water partition coefficient (Wildman–Crippen LogP) is 1.02. The summed E-state index contributed by atoms with van der Waals surface area (Å²) in [6.07, 6.45) is 2.16. The molecule has 7 heteroatoms. The van der Waals surface area contributed by atoms with Crippen molar-refractivity contribution in [3.8, 4) is 0 Å². The van der Waals surface area contributed by atoms with Crippen LogP contribution in [0.15, 0.2) is 29.2 Å². The summed E-state index contributed by atoms with van der Waals surface area (Å²) in [6.45, 7) is 6.59. The number of rotatable bonds is 4. The fourth-order valence-corrected chi connectivity index (χ4v) is 4.88. The molecule has 2 fully saturated rings. The number of nitrogens with zero attached hydrogens (tertiary/aromatic N) is 2. The predicted molar refractivity (Wildman–Crippen MR) is 93.1 cm³/mol. The largest absolute Gasteiger partial charge is 0.379 e. The van der Waals surface area contributed by atoms with Crippen LogP contribution >= 0.6 is 0 Å². The van der Waals surface area contributed by atoms with E-state index in [1.165, 1.54) is 4.31 Å². The molecule has 2 aliphatic heterocycles. The Morgan fingerprint density at radius 1 is 1.17 bits per heavy atom. The molecule has 0 aliphatic carbocycles. The van der Waals surface area contributed by atoms with Gasteiger partial charge in [0.25, 0.3) is 0 Å². The van der Waals surface area contributed by atoms with Gasteiger partial charge in [-0.15, -0.1) is 0 Å². The molecule has 0 saturated carbocycles. The van der Waals surface area contributed by atoms with E-state index in [4.69, 9.17) is 10.5 Å². The van der Waals surface area contributed by atoms with E-state index in [1.54, 1.807) is 12.1 Å². The standard InChI is InChI=1S/C17H27N3O3S/c1-17(18)7-2-8-19(14-17)13-15-3-5-16(6-4-15)24(21,22)20-9-11-23-12-10-20/h3-6H,2,7-14,18H2,1H3. The number of nitrogens with two attached hydrogens (primary N) is 1. The summed E-state index contributed by atoms with van der Waals surface area (Å²) >= 11 is 0. The minimum absolute atomic E-state index is 0.127. The quantitative estimate of drug-likeness (QED) is 0.875. The van der Waals surface area contributed by atoms with E-state index >= 15 is 0 Å². The smallest absolute Gasteiger partial charge is 0.243 e. The fourth-order valence-electron chi connectivity index (χ4n) is 3.47. The van der Waals surface area contributed by atoms with Crippen molar-refractivity contribution in [2.45, 2.75) is 36.7 Å². The van der Waals surface area contributed by atoms with Crippen molar-refractivity contribution >= 4 is 10.0 Å². The zero-order chi connectivity index (χ0) is 17.2. The molecule has 0 radical (unpaired) electrons. The SMILES string of the molecule is CC1(N)CCCN(Cc2ccc(S(=O)(=O)N3CCOCC3)cc2)C1. The van der Waals surface area contributed by atoms with Crippen molar-refractivity contribution < 1.29 is 13.2 Å². The van der Waals surface area contributed by atoms with Crippen LogP contribution in [0.5, 0.6) is 0 Å². The Hall–Kier alpha value is -0.990. The molecule has 0 aromatic heterocycles. The zero-order valence-corrected chi connectivity index (χ0v) is 15.1.